The van der Waals surface area contributed by atoms with Gasteiger partial charge in [-0.05, 0) is 58.3 Å². The zero-order valence-electron chi connectivity index (χ0n) is 10.8. The van der Waals surface area contributed by atoms with Crippen LogP contribution in [0.25, 0.3) is 0 Å². The highest BCUT2D eigenvalue weighted by Gasteiger charge is 2.28. The summed E-state index contributed by atoms with van der Waals surface area (Å²) in [6.07, 6.45) is 7.13. The SMILES string of the molecule is N=C(N)CCCCN1CCCN2CCCC2C1. The number of hydrogen-bond donors (Lipinski definition) is 2. The Labute approximate surface area is 105 Å². The van der Waals surface area contributed by atoms with Crippen molar-refractivity contribution in [3.8, 4) is 0 Å². The number of unbranched alkanes of at least 4 members (excludes halogenated alkanes) is 1. The summed E-state index contributed by atoms with van der Waals surface area (Å²) in [5.41, 5.74) is 5.37. The second-order valence-electron chi connectivity index (χ2n) is 5.47. The summed E-state index contributed by atoms with van der Waals surface area (Å²) in [6.45, 7) is 6.34. The van der Waals surface area contributed by atoms with Crippen molar-refractivity contribution in [2.75, 3.05) is 32.7 Å². The van der Waals surface area contributed by atoms with E-state index in [4.69, 9.17) is 11.1 Å². The maximum atomic E-state index is 7.21. The molecule has 0 aromatic heterocycles. The third kappa shape index (κ3) is 3.96. The highest BCUT2D eigenvalue weighted by molar-refractivity contribution is 5.76. The van der Waals surface area contributed by atoms with Crippen LogP contribution in [0, 0.1) is 5.41 Å². The van der Waals surface area contributed by atoms with Crippen molar-refractivity contribution in [3.63, 3.8) is 0 Å². The van der Waals surface area contributed by atoms with E-state index in [0.29, 0.717) is 5.84 Å². The molecule has 0 saturated carbocycles. The van der Waals surface area contributed by atoms with Gasteiger partial charge in [-0.1, -0.05) is 0 Å². The lowest BCUT2D eigenvalue weighted by Gasteiger charge is -2.25. The molecular formula is C13H26N4. The number of hydrogen-bond acceptors (Lipinski definition) is 3. The van der Waals surface area contributed by atoms with E-state index in [1.807, 2.05) is 0 Å². The molecule has 2 rings (SSSR count). The third-order valence-electron chi connectivity index (χ3n) is 4.06. The maximum absolute atomic E-state index is 7.21. The molecule has 0 amide bonds. The van der Waals surface area contributed by atoms with Crippen LogP contribution in [0.3, 0.4) is 0 Å². The zero-order chi connectivity index (χ0) is 12.1. The monoisotopic (exact) mass is 238 g/mol. The van der Waals surface area contributed by atoms with Crippen molar-refractivity contribution in [2.45, 2.75) is 44.6 Å². The zero-order valence-corrected chi connectivity index (χ0v) is 10.8. The van der Waals surface area contributed by atoms with Gasteiger partial charge in [0.15, 0.2) is 0 Å². The Morgan fingerprint density at radius 1 is 1.18 bits per heavy atom. The van der Waals surface area contributed by atoms with E-state index in [1.165, 1.54) is 58.4 Å². The first-order chi connectivity index (χ1) is 8.25. The van der Waals surface area contributed by atoms with Crippen LogP contribution in [0.2, 0.25) is 0 Å². The number of nitrogens with two attached hydrogens (primary N) is 1. The number of rotatable bonds is 5. The van der Waals surface area contributed by atoms with Crippen LogP contribution in [-0.4, -0.2) is 54.4 Å². The summed E-state index contributed by atoms with van der Waals surface area (Å²) in [4.78, 5) is 5.30. The summed E-state index contributed by atoms with van der Waals surface area (Å²) in [7, 11) is 0. The number of fused-ring (bicyclic) bond motifs is 1. The average molecular weight is 238 g/mol. The van der Waals surface area contributed by atoms with Gasteiger partial charge in [0.05, 0.1) is 5.84 Å². The van der Waals surface area contributed by atoms with E-state index >= 15 is 0 Å². The van der Waals surface area contributed by atoms with Crippen molar-refractivity contribution < 1.29 is 0 Å². The summed E-state index contributed by atoms with van der Waals surface area (Å²) in [6, 6.07) is 0.824. The van der Waals surface area contributed by atoms with Crippen molar-refractivity contribution in [1.82, 2.24) is 9.80 Å². The third-order valence-corrected chi connectivity index (χ3v) is 4.06. The molecule has 0 spiro atoms. The van der Waals surface area contributed by atoms with Gasteiger partial charge >= 0.3 is 0 Å². The molecule has 0 radical (unpaired) electrons. The molecule has 17 heavy (non-hydrogen) atoms. The lowest BCUT2D eigenvalue weighted by Crippen LogP contribution is -2.37. The van der Waals surface area contributed by atoms with Gasteiger partial charge in [0.25, 0.3) is 0 Å². The minimum Gasteiger partial charge on any atom is -0.388 e. The Kier molecular flexibility index (Phi) is 4.80. The molecule has 98 valence electrons. The summed E-state index contributed by atoms with van der Waals surface area (Å²) < 4.78 is 0. The van der Waals surface area contributed by atoms with Crippen LogP contribution in [0.5, 0.6) is 0 Å². The van der Waals surface area contributed by atoms with Gasteiger partial charge in [-0.3, -0.25) is 10.3 Å². The Hall–Kier alpha value is -0.610. The molecule has 0 aromatic rings. The molecule has 1 atom stereocenters. The molecular weight excluding hydrogens is 212 g/mol. The Balaban J connectivity index is 1.68. The lowest BCUT2D eigenvalue weighted by atomic mass is 10.2. The van der Waals surface area contributed by atoms with Crippen LogP contribution >= 0.6 is 0 Å². The molecule has 0 aliphatic carbocycles. The fraction of sp³-hybridized carbons (Fsp3) is 0.923. The predicted molar refractivity (Wildman–Crippen MR) is 71.4 cm³/mol. The van der Waals surface area contributed by atoms with Gasteiger partial charge in [0.2, 0.25) is 0 Å². The first kappa shape index (κ1) is 12.8. The van der Waals surface area contributed by atoms with E-state index in [9.17, 15) is 0 Å². The van der Waals surface area contributed by atoms with E-state index in [1.54, 1.807) is 0 Å². The quantitative estimate of drug-likeness (QED) is 0.431. The molecule has 0 bridgehead atoms. The second kappa shape index (κ2) is 6.36. The van der Waals surface area contributed by atoms with Gasteiger partial charge in [-0.15, -0.1) is 0 Å². The molecule has 3 N–H and O–H groups in total. The highest BCUT2D eigenvalue weighted by Crippen LogP contribution is 2.21. The van der Waals surface area contributed by atoms with E-state index in [2.05, 4.69) is 9.80 Å². The lowest BCUT2D eigenvalue weighted by molar-refractivity contribution is 0.218. The minimum absolute atomic E-state index is 0.336. The van der Waals surface area contributed by atoms with Crippen LogP contribution in [-0.2, 0) is 0 Å². The molecule has 2 heterocycles. The molecule has 2 saturated heterocycles. The molecule has 2 fully saturated rings. The van der Waals surface area contributed by atoms with E-state index in [0.717, 1.165) is 18.9 Å². The summed E-state index contributed by atoms with van der Waals surface area (Å²) in [5, 5.41) is 7.21. The van der Waals surface area contributed by atoms with Crippen LogP contribution < -0.4 is 5.73 Å². The maximum Gasteiger partial charge on any atom is 0.0905 e. The number of nitrogens with zero attached hydrogens (tertiary/aromatic N) is 2. The van der Waals surface area contributed by atoms with Crippen LogP contribution in [0.4, 0.5) is 0 Å². The standard InChI is InChI=1S/C13H26N4/c14-13(15)6-1-2-7-16-8-4-10-17-9-3-5-12(17)11-16/h12H,1-11H2,(H3,14,15). The van der Waals surface area contributed by atoms with E-state index in [-0.39, 0.29) is 0 Å². The first-order valence-corrected chi connectivity index (χ1v) is 7.05. The normalized spacial score (nSPS) is 26.7. The van der Waals surface area contributed by atoms with Gasteiger partial charge in [0, 0.05) is 19.0 Å². The van der Waals surface area contributed by atoms with E-state index < -0.39 is 0 Å². The molecule has 4 nitrogen and oxygen atoms in total. The predicted octanol–water partition coefficient (Wildman–Crippen LogP) is 1.26. The first-order valence-electron chi connectivity index (χ1n) is 7.05. The summed E-state index contributed by atoms with van der Waals surface area (Å²) >= 11 is 0. The largest absolute Gasteiger partial charge is 0.388 e. The number of amidine groups is 1. The van der Waals surface area contributed by atoms with Crippen molar-refractivity contribution >= 4 is 5.84 Å². The fourth-order valence-electron chi connectivity index (χ4n) is 3.14. The molecule has 2 aliphatic rings. The molecule has 0 aromatic carbocycles. The van der Waals surface area contributed by atoms with Gasteiger partial charge in [0.1, 0.15) is 0 Å². The van der Waals surface area contributed by atoms with Gasteiger partial charge < -0.3 is 10.6 Å². The van der Waals surface area contributed by atoms with Crippen molar-refractivity contribution in [2.24, 2.45) is 5.73 Å². The van der Waals surface area contributed by atoms with Gasteiger partial charge in [-0.25, -0.2) is 0 Å². The van der Waals surface area contributed by atoms with Crippen molar-refractivity contribution in [1.29, 1.82) is 5.41 Å². The van der Waals surface area contributed by atoms with Crippen LogP contribution in [0.15, 0.2) is 0 Å². The topological polar surface area (TPSA) is 56.4 Å². The average Bonchev–Trinajstić information content (AvgIpc) is 2.63. The minimum atomic E-state index is 0.336. The second-order valence-corrected chi connectivity index (χ2v) is 5.47. The van der Waals surface area contributed by atoms with Crippen LogP contribution in [0.1, 0.15) is 38.5 Å². The fourth-order valence-corrected chi connectivity index (χ4v) is 3.14. The Morgan fingerprint density at radius 3 is 2.82 bits per heavy atom. The van der Waals surface area contributed by atoms with Crippen molar-refractivity contribution in [3.05, 3.63) is 0 Å². The summed E-state index contributed by atoms with van der Waals surface area (Å²) in [5.74, 6) is 0.336. The smallest absolute Gasteiger partial charge is 0.0905 e. The molecule has 1 unspecified atom stereocenters. The molecule has 2 aliphatic heterocycles. The molecule has 4 heteroatoms. The van der Waals surface area contributed by atoms with Gasteiger partial charge in [-0.2, -0.15) is 0 Å². The number of nitrogens with one attached hydrogen (secondary N) is 1. The Morgan fingerprint density at radius 2 is 2.00 bits per heavy atom. The highest BCUT2D eigenvalue weighted by atomic mass is 15.3. The Bertz CT molecular complexity index is 254.